The zero-order chi connectivity index (χ0) is 13.8. The first-order chi connectivity index (χ1) is 9.10. The Labute approximate surface area is 107 Å². The zero-order valence-corrected chi connectivity index (χ0v) is 10.5. The van der Waals surface area contributed by atoms with Crippen molar-refractivity contribution in [3.63, 3.8) is 0 Å². The summed E-state index contributed by atoms with van der Waals surface area (Å²) in [7, 11) is 1.88. The van der Waals surface area contributed by atoms with Crippen molar-refractivity contribution in [2.24, 2.45) is 5.11 Å². The summed E-state index contributed by atoms with van der Waals surface area (Å²) in [6, 6.07) is 7.31. The van der Waals surface area contributed by atoms with Gasteiger partial charge < -0.3 is 4.90 Å². The Morgan fingerprint density at radius 2 is 1.72 bits per heavy atom. The van der Waals surface area contributed by atoms with Crippen molar-refractivity contribution in [2.45, 2.75) is 13.8 Å². The van der Waals surface area contributed by atoms with Gasteiger partial charge in [0.2, 0.25) is 7.36 Å². The van der Waals surface area contributed by atoms with Crippen LogP contribution in [0.3, 0.4) is 0 Å². The van der Waals surface area contributed by atoms with E-state index in [0.29, 0.717) is 23.3 Å². The van der Waals surface area contributed by atoms with Gasteiger partial charge in [-0.15, -0.1) is 0 Å². The van der Waals surface area contributed by atoms with E-state index in [1.54, 1.807) is 12.1 Å². The Morgan fingerprint density at radius 3 is 2.28 bits per heavy atom. The van der Waals surface area contributed by atoms with Gasteiger partial charge in [0.05, 0.1) is 5.69 Å². The lowest BCUT2D eigenvalue weighted by Gasteiger charge is -2.17. The molecule has 0 atom stereocenters. The van der Waals surface area contributed by atoms with Crippen LogP contribution in [0.1, 0.15) is 11.6 Å². The van der Waals surface area contributed by atoms with Gasteiger partial charge in [0, 0.05) is 12.7 Å². The number of aryl methyl sites for hydroxylation is 2. The number of rotatable bonds is 3. The smallest absolute Gasteiger partial charge is 0.233 e. The number of nitrogens with one attached hydrogen (secondary N) is 1. The molecule has 0 bridgehead atoms. The highest BCUT2D eigenvalue weighted by atomic mass is 15.3. The van der Waals surface area contributed by atoms with Crippen molar-refractivity contribution in [2.75, 3.05) is 11.9 Å². The van der Waals surface area contributed by atoms with E-state index < -0.39 is 0 Å². The Morgan fingerprint density at radius 1 is 1.11 bits per heavy atom. The van der Waals surface area contributed by atoms with E-state index in [1.165, 1.54) is 0 Å². The molecule has 1 N–H and O–H groups in total. The molecule has 6 nitrogen and oxygen atoms in total. The van der Waals surface area contributed by atoms with Gasteiger partial charge in [-0.3, -0.25) is 0 Å². The largest absolute Gasteiger partial charge is 0.314 e. The molecule has 0 aliphatic rings. The lowest BCUT2D eigenvalue weighted by molar-refractivity contribution is 0.895. The van der Waals surface area contributed by atoms with Crippen LogP contribution < -0.4 is 4.90 Å². The Kier molecular flexibility index (Phi) is 2.91. The van der Waals surface area contributed by atoms with E-state index in [0.717, 1.165) is 5.69 Å². The first kappa shape index (κ1) is 10.8. The van der Waals surface area contributed by atoms with Crippen LogP contribution in [0.15, 0.2) is 29.4 Å². The monoisotopic (exact) mass is 243 g/mol. The van der Waals surface area contributed by atoms with Crippen molar-refractivity contribution >= 4 is 17.3 Å². The Balaban J connectivity index is 2.30. The van der Waals surface area contributed by atoms with Crippen molar-refractivity contribution in [1.82, 2.24) is 15.0 Å². The number of benzene rings is 1. The van der Waals surface area contributed by atoms with Crippen LogP contribution >= 0.6 is 0 Å². The average molecular weight is 243 g/mol. The highest BCUT2D eigenvalue weighted by Gasteiger charge is 2.08. The van der Waals surface area contributed by atoms with E-state index in [1.807, 2.05) is 37.9 Å². The summed E-state index contributed by atoms with van der Waals surface area (Å²) in [6.07, 6.45) is 0. The molecule has 1 heterocycles. The van der Waals surface area contributed by atoms with Crippen LogP contribution in [0.5, 0.6) is 0 Å². The maximum atomic E-state index is 6.68. The van der Waals surface area contributed by atoms with Crippen molar-refractivity contribution in [3.05, 3.63) is 35.9 Å². The predicted molar refractivity (Wildman–Crippen MR) is 68.6 cm³/mol. The number of hydrogen-bond donors (Lipinski definition) is 1. The second kappa shape index (κ2) is 4.87. The lowest BCUT2D eigenvalue weighted by Crippen LogP contribution is -2.14. The summed E-state index contributed by atoms with van der Waals surface area (Å²) >= 11 is 0. The molecule has 0 aliphatic carbocycles. The summed E-state index contributed by atoms with van der Waals surface area (Å²) in [5.74, 6) is 1.97. The maximum Gasteiger partial charge on any atom is 0.233 e. The minimum Gasteiger partial charge on any atom is -0.314 e. The molecule has 0 unspecified atom stereocenters. The van der Waals surface area contributed by atoms with Crippen LogP contribution in [0.2, 0.25) is 1.41 Å². The molecule has 2 rings (SSSR count). The van der Waals surface area contributed by atoms with Gasteiger partial charge in [-0.05, 0) is 38.1 Å². The third kappa shape index (κ3) is 2.48. The number of hydrogen-bond acceptors (Lipinski definition) is 6. The summed E-state index contributed by atoms with van der Waals surface area (Å²) in [5.41, 5.74) is 4.55. The Hall–Kier alpha value is -2.37. The number of anilines is 2. The number of aromatic nitrogens is 3. The van der Waals surface area contributed by atoms with E-state index in [9.17, 15) is 0 Å². The first-order valence-electron chi connectivity index (χ1n) is 5.93. The predicted octanol–water partition coefficient (Wildman–Crippen LogP) is 2.92. The van der Waals surface area contributed by atoms with Crippen LogP contribution in [-0.4, -0.2) is 22.0 Å². The molecule has 92 valence electrons. The zero-order valence-electron chi connectivity index (χ0n) is 11.5. The molecule has 6 heteroatoms. The highest BCUT2D eigenvalue weighted by Crippen LogP contribution is 2.23. The molecular formula is C12H14N6. The van der Waals surface area contributed by atoms with E-state index in [4.69, 9.17) is 1.41 Å². The molecule has 1 aromatic heterocycles. The molecule has 0 amide bonds. The van der Waals surface area contributed by atoms with E-state index >= 15 is 0 Å². The quantitative estimate of drug-likeness (QED) is 0.841. The van der Waals surface area contributed by atoms with Crippen LogP contribution in [0.25, 0.3) is 0 Å². The van der Waals surface area contributed by atoms with Crippen molar-refractivity contribution in [3.8, 4) is 0 Å². The molecule has 0 aliphatic heterocycles. The molecular weight excluding hydrogens is 228 g/mol. The van der Waals surface area contributed by atoms with E-state index in [-0.39, 0.29) is 0 Å². The van der Waals surface area contributed by atoms with Gasteiger partial charge in [-0.25, -0.2) is 10.5 Å². The molecule has 0 saturated carbocycles. The fourth-order valence-corrected chi connectivity index (χ4v) is 1.61. The highest BCUT2D eigenvalue weighted by molar-refractivity contribution is 5.59. The van der Waals surface area contributed by atoms with E-state index in [2.05, 4.69) is 25.6 Å². The molecule has 1 aromatic carbocycles. The second-order valence-electron chi connectivity index (χ2n) is 3.91. The molecule has 0 radical (unpaired) electrons. The third-order valence-electron chi connectivity index (χ3n) is 2.50. The van der Waals surface area contributed by atoms with Crippen LogP contribution in [0.4, 0.5) is 17.3 Å². The van der Waals surface area contributed by atoms with Crippen LogP contribution in [-0.2, 0) is 0 Å². The minimum atomic E-state index is 0.597. The lowest BCUT2D eigenvalue weighted by atomic mass is 10.3. The molecule has 0 fully saturated rings. The maximum absolute atomic E-state index is 6.68. The van der Waals surface area contributed by atoms with Crippen molar-refractivity contribution in [1.29, 1.82) is 5.52 Å². The Bertz CT molecular complexity index is 575. The van der Waals surface area contributed by atoms with Crippen LogP contribution in [0, 0.1) is 19.4 Å². The first-order valence-corrected chi connectivity index (χ1v) is 5.48. The molecule has 18 heavy (non-hydrogen) atoms. The van der Waals surface area contributed by atoms with Crippen molar-refractivity contribution < 1.29 is 1.41 Å². The molecule has 0 spiro atoms. The summed E-state index contributed by atoms with van der Waals surface area (Å²) in [6.45, 7) is 3.67. The number of nitrogens with zero attached hydrogens (tertiary/aromatic N) is 5. The summed E-state index contributed by atoms with van der Waals surface area (Å²) in [4.78, 5) is 14.6. The van der Waals surface area contributed by atoms with Gasteiger partial charge in [0.1, 0.15) is 11.6 Å². The standard InChI is InChI=1S/C12H14N6/c1-8-14-9(2)16-12(15-8)18(3)11-6-4-10(17-13)5-7-11/h4-7,13H,1-3H3/i/hD. The molecule has 2 aromatic rings. The van der Waals surface area contributed by atoms with Gasteiger partial charge in [-0.2, -0.15) is 15.1 Å². The SMILES string of the molecule is [2H]N=Nc1ccc(N(C)c2nc(C)nc(C)n2)cc1. The normalized spacial score (nSPS) is 11.6. The van der Waals surface area contributed by atoms with Gasteiger partial charge in [0.25, 0.3) is 0 Å². The van der Waals surface area contributed by atoms with Gasteiger partial charge >= 0.3 is 0 Å². The average Bonchev–Trinajstić information content (AvgIpc) is 2.38. The topological polar surface area (TPSA) is 78.1 Å². The van der Waals surface area contributed by atoms with Gasteiger partial charge in [-0.1, -0.05) is 0 Å². The second-order valence-corrected chi connectivity index (χ2v) is 3.91. The summed E-state index contributed by atoms with van der Waals surface area (Å²) < 4.78 is 6.68. The fourth-order valence-electron chi connectivity index (χ4n) is 1.61. The fraction of sp³-hybridized carbons (Fsp3) is 0.250. The minimum absolute atomic E-state index is 0.597. The molecule has 0 saturated heterocycles. The summed E-state index contributed by atoms with van der Waals surface area (Å²) in [5, 5.41) is 3.64. The van der Waals surface area contributed by atoms with Gasteiger partial charge in [0.15, 0.2) is 0 Å². The third-order valence-corrected chi connectivity index (χ3v) is 2.50.